The number of carbonyl (C=O) groups is 1. The summed E-state index contributed by atoms with van der Waals surface area (Å²) in [5.74, 6) is 0.262. The zero-order valence-electron chi connectivity index (χ0n) is 9.93. The van der Waals surface area contributed by atoms with Crippen LogP contribution in [0.25, 0.3) is 0 Å². The lowest BCUT2D eigenvalue weighted by molar-refractivity contribution is -0.141. The maximum Gasteiger partial charge on any atom is 0.325 e. The molecule has 1 heterocycles. The molecule has 0 N–H and O–H groups in total. The molecule has 0 atom stereocenters. The Morgan fingerprint density at radius 2 is 2.00 bits per heavy atom. The van der Waals surface area contributed by atoms with Gasteiger partial charge in [-0.25, -0.2) is 9.97 Å². The lowest BCUT2D eigenvalue weighted by Gasteiger charge is -2.15. The SMILES string of the molecule is CCOC(=O)CN(C)c1ncc(CC)cn1. The van der Waals surface area contributed by atoms with Crippen molar-refractivity contribution in [2.24, 2.45) is 0 Å². The highest BCUT2D eigenvalue weighted by atomic mass is 16.5. The number of anilines is 1. The number of aromatic nitrogens is 2. The van der Waals surface area contributed by atoms with E-state index >= 15 is 0 Å². The van der Waals surface area contributed by atoms with E-state index < -0.39 is 0 Å². The third-order valence-electron chi connectivity index (χ3n) is 2.11. The first-order valence-corrected chi connectivity index (χ1v) is 5.35. The molecule has 0 saturated carbocycles. The van der Waals surface area contributed by atoms with E-state index in [1.54, 1.807) is 31.3 Å². The summed E-state index contributed by atoms with van der Waals surface area (Å²) < 4.78 is 4.84. The van der Waals surface area contributed by atoms with Crippen LogP contribution in [-0.2, 0) is 16.0 Å². The summed E-state index contributed by atoms with van der Waals surface area (Å²) >= 11 is 0. The van der Waals surface area contributed by atoms with Gasteiger partial charge < -0.3 is 9.64 Å². The molecule has 0 bridgehead atoms. The van der Waals surface area contributed by atoms with Gasteiger partial charge in [0.1, 0.15) is 6.54 Å². The molecule has 0 amide bonds. The van der Waals surface area contributed by atoms with E-state index in [-0.39, 0.29) is 12.5 Å². The van der Waals surface area contributed by atoms with Gasteiger partial charge in [-0.3, -0.25) is 4.79 Å². The number of ether oxygens (including phenoxy) is 1. The smallest absolute Gasteiger partial charge is 0.325 e. The first kappa shape index (κ1) is 12.4. The van der Waals surface area contributed by atoms with Gasteiger partial charge >= 0.3 is 5.97 Å². The summed E-state index contributed by atoms with van der Waals surface area (Å²) in [7, 11) is 1.76. The van der Waals surface area contributed by atoms with Crippen molar-refractivity contribution < 1.29 is 9.53 Å². The third kappa shape index (κ3) is 3.49. The summed E-state index contributed by atoms with van der Waals surface area (Å²) in [5.41, 5.74) is 1.08. The van der Waals surface area contributed by atoms with Crippen LogP contribution in [0.5, 0.6) is 0 Å². The molecule has 5 heteroatoms. The maximum atomic E-state index is 11.2. The molecular formula is C11H17N3O2. The predicted octanol–water partition coefficient (Wildman–Crippen LogP) is 1.04. The largest absolute Gasteiger partial charge is 0.465 e. The van der Waals surface area contributed by atoms with Gasteiger partial charge in [-0.05, 0) is 18.9 Å². The first-order valence-electron chi connectivity index (χ1n) is 5.35. The Kier molecular flexibility index (Phi) is 4.69. The van der Waals surface area contributed by atoms with Crippen LogP contribution in [0.4, 0.5) is 5.95 Å². The minimum absolute atomic E-state index is 0.166. The first-order chi connectivity index (χ1) is 7.67. The highest BCUT2D eigenvalue weighted by molar-refractivity contribution is 5.74. The maximum absolute atomic E-state index is 11.2. The highest BCUT2D eigenvalue weighted by Crippen LogP contribution is 2.05. The molecule has 1 aromatic heterocycles. The van der Waals surface area contributed by atoms with Crippen LogP contribution >= 0.6 is 0 Å². The zero-order chi connectivity index (χ0) is 12.0. The molecule has 1 rings (SSSR count). The van der Waals surface area contributed by atoms with Crippen LogP contribution in [0, 0.1) is 0 Å². The molecule has 0 aromatic carbocycles. The van der Waals surface area contributed by atoms with Gasteiger partial charge in [0.05, 0.1) is 6.61 Å². The lowest BCUT2D eigenvalue weighted by Crippen LogP contribution is -2.28. The number of esters is 1. The second kappa shape index (κ2) is 6.05. The van der Waals surface area contributed by atoms with E-state index in [9.17, 15) is 4.79 Å². The minimum Gasteiger partial charge on any atom is -0.465 e. The van der Waals surface area contributed by atoms with Crippen LogP contribution in [0.15, 0.2) is 12.4 Å². The molecule has 0 aliphatic heterocycles. The molecule has 1 aromatic rings. The van der Waals surface area contributed by atoms with E-state index in [0.717, 1.165) is 12.0 Å². The Labute approximate surface area is 95.5 Å². The van der Waals surface area contributed by atoms with E-state index in [1.807, 2.05) is 6.92 Å². The average molecular weight is 223 g/mol. The quantitative estimate of drug-likeness (QED) is 0.698. The number of aryl methyl sites for hydroxylation is 1. The van der Waals surface area contributed by atoms with Gasteiger partial charge in [-0.2, -0.15) is 0 Å². The number of hydrogen-bond donors (Lipinski definition) is 0. The molecular weight excluding hydrogens is 206 g/mol. The monoisotopic (exact) mass is 223 g/mol. The van der Waals surface area contributed by atoms with Crippen molar-refractivity contribution >= 4 is 11.9 Å². The highest BCUT2D eigenvalue weighted by Gasteiger charge is 2.09. The molecule has 0 saturated heterocycles. The number of hydrogen-bond acceptors (Lipinski definition) is 5. The topological polar surface area (TPSA) is 55.3 Å². The standard InChI is InChI=1S/C11H17N3O2/c1-4-9-6-12-11(13-7-9)14(3)8-10(15)16-5-2/h6-7H,4-5,8H2,1-3H3. The van der Waals surface area contributed by atoms with Gasteiger partial charge in [0, 0.05) is 19.4 Å². The normalized spacial score (nSPS) is 9.94. The Hall–Kier alpha value is -1.65. The Morgan fingerprint density at radius 3 is 2.50 bits per heavy atom. The van der Waals surface area contributed by atoms with E-state index in [1.165, 1.54) is 0 Å². The van der Waals surface area contributed by atoms with Crippen LogP contribution in [0.2, 0.25) is 0 Å². The number of nitrogens with zero attached hydrogens (tertiary/aromatic N) is 3. The lowest BCUT2D eigenvalue weighted by atomic mass is 10.3. The Bertz CT molecular complexity index is 338. The predicted molar refractivity (Wildman–Crippen MR) is 61.3 cm³/mol. The van der Waals surface area contributed by atoms with Crippen LogP contribution < -0.4 is 4.90 Å². The molecule has 0 spiro atoms. The average Bonchev–Trinajstić information content (AvgIpc) is 2.29. The second-order valence-electron chi connectivity index (χ2n) is 3.41. The molecule has 0 fully saturated rings. The number of rotatable bonds is 5. The van der Waals surface area contributed by atoms with Crippen LogP contribution in [0.3, 0.4) is 0 Å². The van der Waals surface area contributed by atoms with E-state index in [0.29, 0.717) is 12.6 Å². The van der Waals surface area contributed by atoms with Crippen LogP contribution in [0.1, 0.15) is 19.4 Å². The molecule has 88 valence electrons. The fourth-order valence-electron chi connectivity index (χ4n) is 1.20. The van der Waals surface area contributed by atoms with Gasteiger partial charge in [0.2, 0.25) is 5.95 Å². The second-order valence-corrected chi connectivity index (χ2v) is 3.41. The van der Waals surface area contributed by atoms with Crippen molar-refractivity contribution in [1.29, 1.82) is 0 Å². The number of likely N-dealkylation sites (N-methyl/N-ethyl adjacent to an activating group) is 1. The van der Waals surface area contributed by atoms with E-state index in [2.05, 4.69) is 9.97 Å². The van der Waals surface area contributed by atoms with Crippen molar-refractivity contribution in [2.45, 2.75) is 20.3 Å². The van der Waals surface area contributed by atoms with Crippen molar-refractivity contribution in [2.75, 3.05) is 25.1 Å². The summed E-state index contributed by atoms with van der Waals surface area (Å²) in [6.07, 6.45) is 4.44. The molecule has 0 unspecified atom stereocenters. The molecule has 5 nitrogen and oxygen atoms in total. The van der Waals surface area contributed by atoms with Crippen molar-refractivity contribution in [1.82, 2.24) is 9.97 Å². The van der Waals surface area contributed by atoms with Crippen LogP contribution in [-0.4, -0.2) is 36.1 Å². The molecule has 0 radical (unpaired) electrons. The summed E-state index contributed by atoms with van der Waals surface area (Å²) in [6, 6.07) is 0. The zero-order valence-corrected chi connectivity index (χ0v) is 9.93. The van der Waals surface area contributed by atoms with Gasteiger partial charge in [0.25, 0.3) is 0 Å². The summed E-state index contributed by atoms with van der Waals surface area (Å²) in [4.78, 5) is 21.2. The Morgan fingerprint density at radius 1 is 1.38 bits per heavy atom. The number of carbonyl (C=O) groups excluding carboxylic acids is 1. The van der Waals surface area contributed by atoms with Crippen molar-refractivity contribution in [3.8, 4) is 0 Å². The minimum atomic E-state index is -0.270. The van der Waals surface area contributed by atoms with Gasteiger partial charge in [-0.1, -0.05) is 6.92 Å². The van der Waals surface area contributed by atoms with Crippen molar-refractivity contribution in [3.05, 3.63) is 18.0 Å². The third-order valence-corrected chi connectivity index (χ3v) is 2.11. The molecule has 0 aliphatic carbocycles. The fourth-order valence-corrected chi connectivity index (χ4v) is 1.20. The van der Waals surface area contributed by atoms with Gasteiger partial charge in [-0.15, -0.1) is 0 Å². The fraction of sp³-hybridized carbons (Fsp3) is 0.545. The van der Waals surface area contributed by atoms with Gasteiger partial charge in [0.15, 0.2) is 0 Å². The Balaban J connectivity index is 2.58. The van der Waals surface area contributed by atoms with Crippen molar-refractivity contribution in [3.63, 3.8) is 0 Å². The van der Waals surface area contributed by atoms with E-state index in [4.69, 9.17) is 4.74 Å². The summed E-state index contributed by atoms with van der Waals surface area (Å²) in [6.45, 7) is 4.38. The molecule has 0 aliphatic rings. The summed E-state index contributed by atoms with van der Waals surface area (Å²) in [5, 5.41) is 0. The molecule has 16 heavy (non-hydrogen) atoms.